The second-order valence-electron chi connectivity index (χ2n) is 3.58. The molecule has 1 N–H and O–H groups in total. The van der Waals surface area contributed by atoms with E-state index in [9.17, 15) is 21.6 Å². The average molecular weight is 284 g/mol. The van der Waals surface area contributed by atoms with Gasteiger partial charge in [-0.2, -0.15) is 21.6 Å². The van der Waals surface area contributed by atoms with Crippen LogP contribution in [-0.2, 0) is 22.7 Å². The Balaban J connectivity index is 3.21. The topological polar surface area (TPSA) is 63.6 Å². The molecule has 0 aliphatic heterocycles. The molecule has 0 saturated heterocycles. The van der Waals surface area contributed by atoms with E-state index in [1.807, 2.05) is 0 Å². The van der Waals surface area contributed by atoms with E-state index in [1.54, 1.807) is 0 Å². The number of hydrogen-bond donors (Lipinski definition) is 1. The highest BCUT2D eigenvalue weighted by molar-refractivity contribution is 7.86. The summed E-state index contributed by atoms with van der Waals surface area (Å²) >= 11 is 0. The number of hydrogen-bond acceptors (Lipinski definition) is 4. The van der Waals surface area contributed by atoms with Crippen LogP contribution in [0.3, 0.4) is 0 Å². The molecule has 0 heterocycles. The lowest BCUT2D eigenvalue weighted by Gasteiger charge is -2.13. The molecule has 0 radical (unpaired) electrons. The van der Waals surface area contributed by atoms with Gasteiger partial charge in [-0.25, -0.2) is 0 Å². The normalized spacial score (nSPS) is 12.5. The van der Waals surface area contributed by atoms with Crippen LogP contribution in [0.2, 0.25) is 0 Å². The minimum absolute atomic E-state index is 0.120. The van der Waals surface area contributed by atoms with E-state index < -0.39 is 34.2 Å². The first kappa shape index (κ1) is 14.8. The summed E-state index contributed by atoms with van der Waals surface area (Å²) in [7, 11) is -3.88. The van der Waals surface area contributed by atoms with E-state index in [4.69, 9.17) is 5.11 Å². The zero-order valence-corrected chi connectivity index (χ0v) is 10.2. The zero-order valence-electron chi connectivity index (χ0n) is 9.36. The third-order valence-corrected chi connectivity index (χ3v) is 2.51. The van der Waals surface area contributed by atoms with Gasteiger partial charge < -0.3 is 9.29 Å². The van der Waals surface area contributed by atoms with Crippen molar-refractivity contribution in [1.29, 1.82) is 0 Å². The molecule has 0 spiro atoms. The highest BCUT2D eigenvalue weighted by Gasteiger charge is 2.33. The summed E-state index contributed by atoms with van der Waals surface area (Å²) in [5, 5.41) is 8.67. The van der Waals surface area contributed by atoms with Crippen molar-refractivity contribution < 1.29 is 30.9 Å². The molecule has 0 amide bonds. The van der Waals surface area contributed by atoms with Crippen LogP contribution >= 0.6 is 0 Å². The van der Waals surface area contributed by atoms with Crippen LogP contribution in [0.4, 0.5) is 13.2 Å². The van der Waals surface area contributed by atoms with E-state index in [0.29, 0.717) is 6.07 Å². The molecule has 102 valence electrons. The first-order chi connectivity index (χ1) is 8.13. The number of rotatable bonds is 4. The zero-order chi connectivity index (χ0) is 14.0. The van der Waals surface area contributed by atoms with Crippen LogP contribution in [0.15, 0.2) is 18.2 Å². The molecule has 0 aliphatic carbocycles. The fourth-order valence-electron chi connectivity index (χ4n) is 1.38. The van der Waals surface area contributed by atoms with Crippen LogP contribution in [0.25, 0.3) is 0 Å². The Morgan fingerprint density at radius 2 is 1.94 bits per heavy atom. The van der Waals surface area contributed by atoms with Gasteiger partial charge in [0.1, 0.15) is 5.75 Å². The largest absolute Gasteiger partial charge is 0.416 e. The van der Waals surface area contributed by atoms with Crippen LogP contribution in [0, 0.1) is 0 Å². The Hall–Kier alpha value is -1.28. The molecule has 8 heteroatoms. The third kappa shape index (κ3) is 4.19. The lowest BCUT2D eigenvalue weighted by molar-refractivity contribution is -0.138. The molecular formula is C10H11F3O4S. The SMILES string of the molecule is CS(=O)(=O)Oc1ccc(CCO)c(C(F)(F)F)c1. The Bertz CT molecular complexity index is 522. The number of aliphatic hydroxyl groups excluding tert-OH is 1. The van der Waals surface area contributed by atoms with Gasteiger partial charge in [0, 0.05) is 6.61 Å². The fraction of sp³-hybridized carbons (Fsp3) is 0.400. The van der Waals surface area contributed by atoms with E-state index in [1.165, 1.54) is 0 Å². The fourth-order valence-corrected chi connectivity index (χ4v) is 1.84. The van der Waals surface area contributed by atoms with Gasteiger partial charge in [-0.15, -0.1) is 0 Å². The Morgan fingerprint density at radius 1 is 1.33 bits per heavy atom. The van der Waals surface area contributed by atoms with Crippen molar-refractivity contribution in [3.05, 3.63) is 29.3 Å². The van der Waals surface area contributed by atoms with E-state index in [0.717, 1.165) is 18.4 Å². The van der Waals surface area contributed by atoms with E-state index >= 15 is 0 Å². The highest BCUT2D eigenvalue weighted by atomic mass is 32.2. The second kappa shape index (κ2) is 5.15. The first-order valence-corrected chi connectivity index (χ1v) is 6.65. The van der Waals surface area contributed by atoms with Crippen molar-refractivity contribution in [2.45, 2.75) is 12.6 Å². The number of benzene rings is 1. The van der Waals surface area contributed by atoms with Crippen LogP contribution in [0.5, 0.6) is 5.75 Å². The molecule has 0 fully saturated rings. The molecule has 0 unspecified atom stereocenters. The molecule has 1 rings (SSSR count). The van der Waals surface area contributed by atoms with Gasteiger partial charge >= 0.3 is 16.3 Å². The summed E-state index contributed by atoms with van der Waals surface area (Å²) in [5.41, 5.74) is -1.14. The average Bonchev–Trinajstić information content (AvgIpc) is 2.16. The van der Waals surface area contributed by atoms with Gasteiger partial charge in [0.2, 0.25) is 0 Å². The van der Waals surface area contributed by atoms with Crippen molar-refractivity contribution in [1.82, 2.24) is 0 Å². The van der Waals surface area contributed by atoms with Crippen molar-refractivity contribution in [2.24, 2.45) is 0 Å². The molecule has 1 aromatic carbocycles. The molecule has 0 aromatic heterocycles. The van der Waals surface area contributed by atoms with Crippen LogP contribution in [-0.4, -0.2) is 26.4 Å². The predicted octanol–water partition coefficient (Wildman–Crippen LogP) is 1.58. The Kier molecular flexibility index (Phi) is 4.23. The Morgan fingerprint density at radius 3 is 2.39 bits per heavy atom. The van der Waals surface area contributed by atoms with Gasteiger partial charge in [0.15, 0.2) is 0 Å². The van der Waals surface area contributed by atoms with Crippen molar-refractivity contribution in [3.8, 4) is 5.75 Å². The van der Waals surface area contributed by atoms with Crippen molar-refractivity contribution in [2.75, 3.05) is 12.9 Å². The maximum atomic E-state index is 12.7. The van der Waals surface area contributed by atoms with E-state index in [-0.39, 0.29) is 12.0 Å². The van der Waals surface area contributed by atoms with E-state index in [2.05, 4.69) is 4.18 Å². The minimum atomic E-state index is -4.64. The molecule has 0 atom stereocenters. The van der Waals surface area contributed by atoms with Gasteiger partial charge in [0.25, 0.3) is 0 Å². The predicted molar refractivity (Wildman–Crippen MR) is 57.7 cm³/mol. The minimum Gasteiger partial charge on any atom is -0.396 e. The lowest BCUT2D eigenvalue weighted by Crippen LogP contribution is -2.12. The summed E-state index contributed by atoms with van der Waals surface area (Å²) in [6, 6.07) is 2.80. The maximum Gasteiger partial charge on any atom is 0.416 e. The highest BCUT2D eigenvalue weighted by Crippen LogP contribution is 2.34. The first-order valence-electron chi connectivity index (χ1n) is 4.84. The standard InChI is InChI=1S/C10H11F3O4S/c1-18(15,16)17-8-3-2-7(4-5-14)9(6-8)10(11,12)13/h2-3,6,14H,4-5H2,1H3. The number of halogens is 3. The molecule has 1 aromatic rings. The summed E-state index contributed by atoms with van der Waals surface area (Å²) in [5.74, 6) is -0.411. The quantitative estimate of drug-likeness (QED) is 0.853. The molecule has 0 saturated carbocycles. The maximum absolute atomic E-state index is 12.7. The smallest absolute Gasteiger partial charge is 0.396 e. The summed E-state index contributed by atoms with van der Waals surface area (Å²) in [4.78, 5) is 0. The van der Waals surface area contributed by atoms with Gasteiger partial charge in [-0.3, -0.25) is 0 Å². The molecule has 18 heavy (non-hydrogen) atoms. The monoisotopic (exact) mass is 284 g/mol. The second-order valence-corrected chi connectivity index (χ2v) is 5.15. The molecule has 0 aliphatic rings. The van der Waals surface area contributed by atoms with Gasteiger partial charge in [-0.1, -0.05) is 6.07 Å². The summed E-state index contributed by atoms with van der Waals surface area (Å²) in [6.45, 7) is -0.435. The van der Waals surface area contributed by atoms with Gasteiger partial charge in [-0.05, 0) is 24.1 Å². The molecule has 0 bridgehead atoms. The summed E-state index contributed by atoms with van der Waals surface area (Å²) in [6.07, 6.45) is -4.07. The van der Waals surface area contributed by atoms with Crippen molar-refractivity contribution >= 4 is 10.1 Å². The van der Waals surface area contributed by atoms with Gasteiger partial charge in [0.05, 0.1) is 11.8 Å². The molecular weight excluding hydrogens is 273 g/mol. The number of aliphatic hydroxyl groups is 1. The van der Waals surface area contributed by atoms with Crippen LogP contribution in [0.1, 0.15) is 11.1 Å². The Labute approximate surface area is 102 Å². The number of alkyl halides is 3. The van der Waals surface area contributed by atoms with Crippen molar-refractivity contribution in [3.63, 3.8) is 0 Å². The molecule has 4 nitrogen and oxygen atoms in total. The summed E-state index contributed by atoms with van der Waals surface area (Å²) < 4.78 is 64.1. The van der Waals surface area contributed by atoms with Crippen LogP contribution < -0.4 is 4.18 Å². The third-order valence-electron chi connectivity index (χ3n) is 2.02. The lowest BCUT2D eigenvalue weighted by atomic mass is 10.0.